The standard InChI is InChI=1S/C53H31N5O3/c1-3-11-34-25-36(19-17-32(34)9-1)57(38-21-23-43-41-13-5-7-15-45(41)59-47(43)27-38)40-29-49-51(54-30-40)52-53(61-49)56-50(31-55-52)58(37-20-18-33-10-2-4-12-35(33)26-37)39-22-24-44-42-14-6-8-16-46(42)60-48(44)28-39/h1-31H. The molecular formula is C53H31N5O3. The van der Waals surface area contributed by atoms with Crippen molar-refractivity contribution in [3.8, 4) is 0 Å². The van der Waals surface area contributed by atoms with Crippen molar-refractivity contribution in [3.05, 3.63) is 188 Å². The van der Waals surface area contributed by atoms with Crippen LogP contribution >= 0.6 is 0 Å². The van der Waals surface area contributed by atoms with Crippen molar-refractivity contribution in [2.45, 2.75) is 0 Å². The molecule has 0 fully saturated rings. The van der Waals surface area contributed by atoms with E-state index in [0.717, 1.165) is 93.9 Å². The summed E-state index contributed by atoms with van der Waals surface area (Å²) in [6, 6.07) is 60.4. The molecule has 0 radical (unpaired) electrons. The molecule has 8 nitrogen and oxygen atoms in total. The van der Waals surface area contributed by atoms with Crippen LogP contribution in [0.4, 0.5) is 34.3 Å². The molecule has 8 heteroatoms. The first-order valence-electron chi connectivity index (χ1n) is 20.1. The van der Waals surface area contributed by atoms with E-state index in [1.165, 1.54) is 0 Å². The first-order chi connectivity index (χ1) is 30.2. The molecule has 0 spiro atoms. The Morgan fingerprint density at radius 1 is 0.328 bits per heavy atom. The van der Waals surface area contributed by atoms with E-state index in [1.54, 1.807) is 6.20 Å². The lowest BCUT2D eigenvalue weighted by atomic mass is 10.1. The van der Waals surface area contributed by atoms with Gasteiger partial charge in [0.2, 0.25) is 5.71 Å². The Bertz CT molecular complexity index is 3630. The van der Waals surface area contributed by atoms with Crippen molar-refractivity contribution in [1.82, 2.24) is 15.0 Å². The summed E-state index contributed by atoms with van der Waals surface area (Å²) in [7, 11) is 0. The van der Waals surface area contributed by atoms with Crippen LogP contribution in [-0.4, -0.2) is 15.0 Å². The van der Waals surface area contributed by atoms with Gasteiger partial charge >= 0.3 is 0 Å². The highest BCUT2D eigenvalue weighted by Gasteiger charge is 2.22. The second kappa shape index (κ2) is 13.0. The molecular weight excluding hydrogens is 755 g/mol. The Kier molecular flexibility index (Phi) is 7.14. The molecule has 61 heavy (non-hydrogen) atoms. The van der Waals surface area contributed by atoms with E-state index in [1.807, 2.05) is 48.7 Å². The minimum Gasteiger partial charge on any atom is -0.456 e. The smallest absolute Gasteiger partial charge is 0.250 e. The fourth-order valence-corrected chi connectivity index (χ4v) is 8.82. The van der Waals surface area contributed by atoms with Gasteiger partial charge in [0, 0.05) is 56.8 Å². The predicted molar refractivity (Wildman–Crippen MR) is 246 cm³/mol. The second-order valence-corrected chi connectivity index (χ2v) is 15.3. The molecule has 13 aromatic rings. The summed E-state index contributed by atoms with van der Waals surface area (Å²) < 4.78 is 19.3. The molecule has 0 aliphatic rings. The van der Waals surface area contributed by atoms with Crippen molar-refractivity contribution in [2.24, 2.45) is 0 Å². The van der Waals surface area contributed by atoms with E-state index in [4.69, 9.17) is 28.2 Å². The number of hydrogen-bond acceptors (Lipinski definition) is 8. The van der Waals surface area contributed by atoms with Gasteiger partial charge in [0.05, 0.1) is 23.8 Å². The minimum absolute atomic E-state index is 0.383. The highest BCUT2D eigenvalue weighted by molar-refractivity contribution is 6.08. The quantitative estimate of drug-likeness (QED) is 0.165. The van der Waals surface area contributed by atoms with Gasteiger partial charge in [-0.25, -0.2) is 9.97 Å². The zero-order valence-electron chi connectivity index (χ0n) is 32.4. The maximum absolute atomic E-state index is 6.61. The van der Waals surface area contributed by atoms with Crippen LogP contribution in [0.15, 0.2) is 202 Å². The summed E-state index contributed by atoms with van der Waals surface area (Å²) in [5, 5.41) is 8.82. The van der Waals surface area contributed by atoms with Crippen molar-refractivity contribution in [2.75, 3.05) is 9.80 Å². The molecule has 5 heterocycles. The SMILES string of the molecule is c1ccc2cc(N(c3ccc4c(c3)oc3ccccc34)c3cnc4c(c3)oc3nc(N(c5ccc6ccccc6c5)c5ccc6c(c5)oc5ccccc56)cnc34)ccc2c1. The van der Waals surface area contributed by atoms with Crippen molar-refractivity contribution in [1.29, 1.82) is 0 Å². The average Bonchev–Trinajstić information content (AvgIpc) is 3.99. The van der Waals surface area contributed by atoms with Crippen LogP contribution < -0.4 is 9.80 Å². The normalized spacial score (nSPS) is 11.9. The lowest BCUT2D eigenvalue weighted by molar-refractivity contribution is 0.652. The number of aromatic nitrogens is 3. The Labute approximate surface area is 347 Å². The topological polar surface area (TPSA) is 84.6 Å². The maximum atomic E-state index is 6.61. The van der Waals surface area contributed by atoms with Gasteiger partial charge in [-0.2, -0.15) is 4.98 Å². The third kappa shape index (κ3) is 5.36. The number of fused-ring (bicyclic) bond motifs is 11. The molecule has 8 aromatic carbocycles. The zero-order valence-corrected chi connectivity index (χ0v) is 32.4. The third-order valence-corrected chi connectivity index (χ3v) is 11.7. The summed E-state index contributed by atoms with van der Waals surface area (Å²) >= 11 is 0. The molecule has 0 saturated heterocycles. The van der Waals surface area contributed by atoms with Crippen LogP contribution in [0.3, 0.4) is 0 Å². The highest BCUT2D eigenvalue weighted by Crippen LogP contribution is 2.42. The van der Waals surface area contributed by atoms with Gasteiger partial charge in [0.1, 0.15) is 27.8 Å². The van der Waals surface area contributed by atoms with E-state index in [0.29, 0.717) is 28.1 Å². The minimum atomic E-state index is 0.383. The Morgan fingerprint density at radius 2 is 0.803 bits per heavy atom. The molecule has 0 saturated carbocycles. The fraction of sp³-hybridized carbons (Fsp3) is 0. The third-order valence-electron chi connectivity index (χ3n) is 11.7. The lowest BCUT2D eigenvalue weighted by Gasteiger charge is -2.25. The highest BCUT2D eigenvalue weighted by atomic mass is 16.3. The summed E-state index contributed by atoms with van der Waals surface area (Å²) in [6.07, 6.45) is 3.66. The first kappa shape index (κ1) is 33.5. The molecule has 0 aliphatic heterocycles. The summed E-state index contributed by atoms with van der Waals surface area (Å²) in [6.45, 7) is 0. The Balaban J connectivity index is 0.961. The van der Waals surface area contributed by atoms with Gasteiger partial charge in [-0.3, -0.25) is 4.90 Å². The first-order valence-corrected chi connectivity index (χ1v) is 20.1. The molecule has 5 aromatic heterocycles. The fourth-order valence-electron chi connectivity index (χ4n) is 8.82. The molecule has 0 atom stereocenters. The van der Waals surface area contributed by atoms with Crippen LogP contribution in [0.5, 0.6) is 0 Å². The molecule has 0 aliphatic carbocycles. The average molecular weight is 786 g/mol. The van der Waals surface area contributed by atoms with E-state index in [9.17, 15) is 0 Å². The van der Waals surface area contributed by atoms with Crippen LogP contribution in [0.2, 0.25) is 0 Å². The number of anilines is 6. The van der Waals surface area contributed by atoms with Gasteiger partial charge < -0.3 is 18.2 Å². The van der Waals surface area contributed by atoms with Crippen molar-refractivity contribution >= 4 is 122 Å². The summed E-state index contributed by atoms with van der Waals surface area (Å²) in [4.78, 5) is 19.4. The Hall–Kier alpha value is -8.49. The van der Waals surface area contributed by atoms with E-state index in [2.05, 4.69) is 143 Å². The van der Waals surface area contributed by atoms with Gasteiger partial charge in [-0.1, -0.05) is 97.1 Å². The van der Waals surface area contributed by atoms with Gasteiger partial charge in [0.25, 0.3) is 0 Å². The monoisotopic (exact) mass is 785 g/mol. The molecule has 286 valence electrons. The lowest BCUT2D eigenvalue weighted by Crippen LogP contribution is -2.12. The van der Waals surface area contributed by atoms with Gasteiger partial charge in [-0.15, -0.1) is 0 Å². The number of benzene rings is 8. The molecule has 0 unspecified atom stereocenters. The molecule has 13 rings (SSSR count). The van der Waals surface area contributed by atoms with Crippen molar-refractivity contribution < 1.29 is 13.3 Å². The maximum Gasteiger partial charge on any atom is 0.250 e. The number of furan rings is 3. The van der Waals surface area contributed by atoms with Crippen LogP contribution in [0.25, 0.3) is 87.8 Å². The van der Waals surface area contributed by atoms with Crippen LogP contribution in [0.1, 0.15) is 0 Å². The molecule has 0 bridgehead atoms. The summed E-state index contributed by atoms with van der Waals surface area (Å²) in [5.74, 6) is 0.592. The number of para-hydroxylation sites is 2. The number of nitrogens with zero attached hydrogens (tertiary/aromatic N) is 5. The number of pyridine rings is 1. The second-order valence-electron chi connectivity index (χ2n) is 15.3. The van der Waals surface area contributed by atoms with Gasteiger partial charge in [0.15, 0.2) is 16.9 Å². The van der Waals surface area contributed by atoms with E-state index >= 15 is 0 Å². The number of rotatable bonds is 6. The van der Waals surface area contributed by atoms with Gasteiger partial charge in [-0.05, 0) is 82.2 Å². The van der Waals surface area contributed by atoms with Crippen molar-refractivity contribution in [3.63, 3.8) is 0 Å². The van der Waals surface area contributed by atoms with Crippen LogP contribution in [0, 0.1) is 0 Å². The predicted octanol–water partition coefficient (Wildman–Crippen LogP) is 14.8. The van der Waals surface area contributed by atoms with Crippen LogP contribution in [-0.2, 0) is 0 Å². The van der Waals surface area contributed by atoms with E-state index < -0.39 is 0 Å². The largest absolute Gasteiger partial charge is 0.456 e. The number of hydrogen-bond donors (Lipinski definition) is 0. The summed E-state index contributed by atoms with van der Waals surface area (Å²) in [5.41, 5.74) is 9.95. The zero-order chi connectivity index (χ0) is 40.0. The molecule has 0 amide bonds. The molecule has 0 N–H and O–H groups in total. The Morgan fingerprint density at radius 3 is 1.44 bits per heavy atom. The van der Waals surface area contributed by atoms with E-state index in [-0.39, 0.29) is 0 Å².